The smallest absolute Gasteiger partial charge is 0.307 e. The highest BCUT2D eigenvalue weighted by molar-refractivity contribution is 5.71. The summed E-state index contributed by atoms with van der Waals surface area (Å²) in [4.78, 5) is 20.7. The number of carbonyl (C=O) groups is 2. The third-order valence-corrected chi connectivity index (χ3v) is 1.73. The number of hydrogen-bond donors (Lipinski definition) is 2. The van der Waals surface area contributed by atoms with Gasteiger partial charge in [-0.25, -0.2) is 0 Å². The SMILES string of the molecule is O=C(O)Cc1ccc(CC(=O)O)cc1. The summed E-state index contributed by atoms with van der Waals surface area (Å²) in [6.45, 7) is 0. The minimum atomic E-state index is -0.893. The lowest BCUT2D eigenvalue weighted by Crippen LogP contribution is -2.02. The van der Waals surface area contributed by atoms with Crippen LogP contribution in [0.5, 0.6) is 0 Å². The predicted molar refractivity (Wildman–Crippen MR) is 49.1 cm³/mol. The molecule has 0 amide bonds. The minimum absolute atomic E-state index is 0.0344. The van der Waals surface area contributed by atoms with Crippen LogP contribution in [0.15, 0.2) is 24.3 Å². The molecule has 0 saturated heterocycles. The summed E-state index contributed by atoms with van der Waals surface area (Å²) in [5.41, 5.74) is 1.35. The van der Waals surface area contributed by atoms with Crippen LogP contribution in [0.3, 0.4) is 0 Å². The largest absolute Gasteiger partial charge is 0.481 e. The second kappa shape index (κ2) is 4.41. The van der Waals surface area contributed by atoms with E-state index in [2.05, 4.69) is 0 Å². The molecule has 1 aromatic carbocycles. The molecule has 2 N–H and O–H groups in total. The van der Waals surface area contributed by atoms with Crippen molar-refractivity contribution in [1.82, 2.24) is 0 Å². The van der Waals surface area contributed by atoms with Crippen molar-refractivity contribution >= 4 is 11.9 Å². The monoisotopic (exact) mass is 194 g/mol. The molecular formula is C10H10O4. The van der Waals surface area contributed by atoms with Crippen LogP contribution < -0.4 is 0 Å². The first-order chi connectivity index (χ1) is 6.58. The molecule has 0 aliphatic heterocycles. The fourth-order valence-electron chi connectivity index (χ4n) is 1.12. The molecular weight excluding hydrogens is 184 g/mol. The van der Waals surface area contributed by atoms with Crippen LogP contribution in [0.25, 0.3) is 0 Å². The van der Waals surface area contributed by atoms with E-state index in [9.17, 15) is 9.59 Å². The predicted octanol–water partition coefficient (Wildman–Crippen LogP) is 0.941. The Morgan fingerprint density at radius 3 is 1.36 bits per heavy atom. The second-order valence-corrected chi connectivity index (χ2v) is 2.96. The van der Waals surface area contributed by atoms with E-state index in [4.69, 9.17) is 10.2 Å². The van der Waals surface area contributed by atoms with Gasteiger partial charge in [0.2, 0.25) is 0 Å². The lowest BCUT2D eigenvalue weighted by Gasteiger charge is -1.99. The molecule has 4 nitrogen and oxygen atoms in total. The summed E-state index contributed by atoms with van der Waals surface area (Å²) in [7, 11) is 0. The summed E-state index contributed by atoms with van der Waals surface area (Å²) in [6.07, 6.45) is -0.0687. The van der Waals surface area contributed by atoms with Crippen molar-refractivity contribution in [1.29, 1.82) is 0 Å². The molecule has 4 heteroatoms. The van der Waals surface area contributed by atoms with Crippen LogP contribution in [0.1, 0.15) is 11.1 Å². The molecule has 1 aromatic rings. The van der Waals surface area contributed by atoms with E-state index in [-0.39, 0.29) is 12.8 Å². The Kier molecular flexibility index (Phi) is 3.23. The Bertz CT molecular complexity index is 305. The first kappa shape index (κ1) is 10.2. The maximum Gasteiger partial charge on any atom is 0.307 e. The lowest BCUT2D eigenvalue weighted by atomic mass is 10.1. The summed E-state index contributed by atoms with van der Waals surface area (Å²) in [5, 5.41) is 17.0. The number of benzene rings is 1. The Morgan fingerprint density at radius 1 is 0.857 bits per heavy atom. The van der Waals surface area contributed by atoms with E-state index in [0.29, 0.717) is 11.1 Å². The Labute approximate surface area is 80.8 Å². The maximum atomic E-state index is 10.3. The highest BCUT2D eigenvalue weighted by atomic mass is 16.4. The van der Waals surface area contributed by atoms with Crippen molar-refractivity contribution in [2.45, 2.75) is 12.8 Å². The van der Waals surface area contributed by atoms with Gasteiger partial charge in [-0.3, -0.25) is 9.59 Å². The van der Waals surface area contributed by atoms with E-state index in [1.54, 1.807) is 24.3 Å². The lowest BCUT2D eigenvalue weighted by molar-refractivity contribution is -0.137. The fraction of sp³-hybridized carbons (Fsp3) is 0.200. The average molecular weight is 194 g/mol. The van der Waals surface area contributed by atoms with Crippen molar-refractivity contribution in [3.63, 3.8) is 0 Å². The molecule has 14 heavy (non-hydrogen) atoms. The molecule has 0 fully saturated rings. The van der Waals surface area contributed by atoms with Gasteiger partial charge in [-0.15, -0.1) is 0 Å². The quantitative estimate of drug-likeness (QED) is 0.748. The standard InChI is InChI=1S/C10H10O4/c11-9(12)5-7-1-2-8(4-3-7)6-10(13)14/h1-4H,5-6H2,(H,11,12)(H,13,14). The number of carboxylic acids is 2. The van der Waals surface area contributed by atoms with Gasteiger partial charge in [0.15, 0.2) is 0 Å². The Balaban J connectivity index is 2.68. The molecule has 0 aromatic heterocycles. The Morgan fingerprint density at radius 2 is 1.14 bits per heavy atom. The maximum absolute atomic E-state index is 10.3. The van der Waals surface area contributed by atoms with Crippen molar-refractivity contribution in [2.75, 3.05) is 0 Å². The third kappa shape index (κ3) is 3.26. The number of hydrogen-bond acceptors (Lipinski definition) is 2. The van der Waals surface area contributed by atoms with Crippen LogP contribution >= 0.6 is 0 Å². The highest BCUT2D eigenvalue weighted by Crippen LogP contribution is 2.05. The zero-order chi connectivity index (χ0) is 10.6. The first-order valence-electron chi connectivity index (χ1n) is 4.09. The number of rotatable bonds is 4. The molecule has 0 aliphatic rings. The van der Waals surface area contributed by atoms with E-state index in [1.807, 2.05) is 0 Å². The van der Waals surface area contributed by atoms with Gasteiger partial charge < -0.3 is 10.2 Å². The van der Waals surface area contributed by atoms with Crippen molar-refractivity contribution in [2.24, 2.45) is 0 Å². The molecule has 0 unspecified atom stereocenters. The minimum Gasteiger partial charge on any atom is -0.481 e. The zero-order valence-electron chi connectivity index (χ0n) is 7.43. The molecule has 0 spiro atoms. The van der Waals surface area contributed by atoms with Crippen LogP contribution in [-0.2, 0) is 22.4 Å². The van der Waals surface area contributed by atoms with Gasteiger partial charge in [0.25, 0.3) is 0 Å². The van der Waals surface area contributed by atoms with Crippen molar-refractivity contribution in [3.05, 3.63) is 35.4 Å². The third-order valence-electron chi connectivity index (χ3n) is 1.73. The molecule has 1 rings (SSSR count). The van der Waals surface area contributed by atoms with Gasteiger partial charge >= 0.3 is 11.9 Å². The molecule has 0 bridgehead atoms. The Hall–Kier alpha value is -1.84. The van der Waals surface area contributed by atoms with Crippen LogP contribution in [-0.4, -0.2) is 22.2 Å². The van der Waals surface area contributed by atoms with Crippen molar-refractivity contribution < 1.29 is 19.8 Å². The number of carboxylic acid groups (broad SMARTS) is 2. The fourth-order valence-corrected chi connectivity index (χ4v) is 1.12. The molecule has 0 heterocycles. The molecule has 0 saturated carbocycles. The van der Waals surface area contributed by atoms with Crippen LogP contribution in [0.2, 0.25) is 0 Å². The molecule has 0 radical (unpaired) electrons. The van der Waals surface area contributed by atoms with E-state index in [0.717, 1.165) is 0 Å². The van der Waals surface area contributed by atoms with E-state index < -0.39 is 11.9 Å². The van der Waals surface area contributed by atoms with E-state index in [1.165, 1.54) is 0 Å². The summed E-state index contributed by atoms with van der Waals surface area (Å²) in [5.74, 6) is -1.79. The van der Waals surface area contributed by atoms with Gasteiger partial charge in [0.1, 0.15) is 0 Å². The average Bonchev–Trinajstić information content (AvgIpc) is 2.06. The molecule has 74 valence electrons. The van der Waals surface area contributed by atoms with Gasteiger partial charge in [0.05, 0.1) is 12.8 Å². The highest BCUT2D eigenvalue weighted by Gasteiger charge is 2.02. The summed E-state index contributed by atoms with van der Waals surface area (Å²) >= 11 is 0. The van der Waals surface area contributed by atoms with Crippen molar-refractivity contribution in [3.8, 4) is 0 Å². The number of aliphatic carboxylic acids is 2. The summed E-state index contributed by atoms with van der Waals surface area (Å²) in [6, 6.07) is 6.53. The van der Waals surface area contributed by atoms with Gasteiger partial charge in [-0.05, 0) is 11.1 Å². The summed E-state index contributed by atoms with van der Waals surface area (Å²) < 4.78 is 0. The second-order valence-electron chi connectivity index (χ2n) is 2.96. The topological polar surface area (TPSA) is 74.6 Å². The van der Waals surface area contributed by atoms with Gasteiger partial charge in [-0.2, -0.15) is 0 Å². The zero-order valence-corrected chi connectivity index (χ0v) is 7.43. The molecule has 0 aliphatic carbocycles. The normalized spacial score (nSPS) is 9.71. The van der Waals surface area contributed by atoms with Gasteiger partial charge in [0, 0.05) is 0 Å². The van der Waals surface area contributed by atoms with E-state index >= 15 is 0 Å². The van der Waals surface area contributed by atoms with Crippen LogP contribution in [0.4, 0.5) is 0 Å². The molecule has 0 atom stereocenters. The first-order valence-corrected chi connectivity index (χ1v) is 4.09. The van der Waals surface area contributed by atoms with Gasteiger partial charge in [-0.1, -0.05) is 24.3 Å². The van der Waals surface area contributed by atoms with Crippen LogP contribution in [0, 0.1) is 0 Å².